The Bertz CT molecular complexity index is 2060. The summed E-state index contributed by atoms with van der Waals surface area (Å²) in [7, 11) is 0. The van der Waals surface area contributed by atoms with Gasteiger partial charge in [-0.05, 0) is 44.9 Å². The molecule has 3 aliphatic rings. The molecule has 14 N–H and O–H groups in total. The van der Waals surface area contributed by atoms with Crippen molar-refractivity contribution in [3.63, 3.8) is 0 Å². The number of carbonyl (C=O) groups is 3. The number of ether oxygens (including phenoxy) is 6. The quantitative estimate of drug-likeness (QED) is 0.0199. The van der Waals surface area contributed by atoms with Crippen LogP contribution in [0.3, 0.4) is 0 Å². The van der Waals surface area contributed by atoms with Gasteiger partial charge in [0.25, 0.3) is 5.79 Å². The fraction of sp³-hybridized carbons (Fsp3) is 0.907. The van der Waals surface area contributed by atoms with E-state index in [4.69, 9.17) is 28.4 Å². The van der Waals surface area contributed by atoms with E-state index < -0.39 is 155 Å². The summed E-state index contributed by atoms with van der Waals surface area (Å²) in [4.78, 5) is 38.6. The van der Waals surface area contributed by atoms with Gasteiger partial charge in [0.15, 0.2) is 12.6 Å². The van der Waals surface area contributed by atoms with Gasteiger partial charge in [-0.1, -0.05) is 256 Å². The highest BCUT2D eigenvalue weighted by atomic mass is 16.8. The van der Waals surface area contributed by atoms with Gasteiger partial charge in [-0.15, -0.1) is 0 Å². The molecule has 574 valence electrons. The molecule has 0 spiro atoms. The zero-order chi connectivity index (χ0) is 71.8. The van der Waals surface area contributed by atoms with Crippen molar-refractivity contribution in [3.8, 4) is 0 Å². The molecular formula is C75H138N2O21. The summed E-state index contributed by atoms with van der Waals surface area (Å²) < 4.78 is 34.9. The highest BCUT2D eigenvalue weighted by Crippen LogP contribution is 2.39. The average Bonchev–Trinajstić information content (AvgIpc) is 0.757. The Morgan fingerprint density at radius 2 is 0.959 bits per heavy atom. The number of carbonyl (C=O) groups excluding carboxylic acids is 2. The zero-order valence-corrected chi connectivity index (χ0v) is 60.4. The molecule has 18 atom stereocenters. The van der Waals surface area contributed by atoms with Crippen LogP contribution >= 0.6 is 0 Å². The fourth-order valence-electron chi connectivity index (χ4n) is 13.5. The standard InChI is InChI=1S/C75H138N2O21/c1-4-6-8-10-12-14-16-18-20-22-23-24-25-26-27-28-29-30-31-32-33-35-37-39-41-43-45-47-49-62(85)77-56(57(82)48-46-44-42-40-38-36-34-21-19-17-15-13-11-9-7-5-2)54-93-72-67(89)66(88)69(61(53-80)95-72)96-73-68(90)71(65(87)60(52-79)94-73)98-75(74(91)92)50-58(83)63(76-55(3)81)70(97-75)64(86)59(84)51-78/h26-27,46,48,56-61,63-73,78-80,82-84,86-90H,4-25,28-45,47,49-54H2,1-3H3,(H,76,81)(H,77,85)(H,91,92)/b27-26-,48-46+. The van der Waals surface area contributed by atoms with Gasteiger partial charge in [0.1, 0.15) is 67.1 Å². The number of aliphatic carboxylic acids is 1. The van der Waals surface area contributed by atoms with E-state index >= 15 is 0 Å². The third-order valence-corrected chi connectivity index (χ3v) is 19.6. The lowest BCUT2D eigenvalue weighted by molar-refractivity contribution is -0.386. The normalized spacial score (nSPS) is 27.3. The molecule has 0 radical (unpaired) electrons. The SMILES string of the molecule is CCCCCCCCCCCCCC/C=C\CCCCCCCCCCCCCCC(=O)NC(COC1OC(CO)C(OC2OC(CO)C(O)C(OC3(C(=O)O)CC(O)C(NC(C)=O)C(C(O)C(O)CO)O3)C2O)C(O)C1O)C(O)/C=C/CCCCCCCCCCCCCCCC. The van der Waals surface area contributed by atoms with Gasteiger partial charge in [-0.2, -0.15) is 0 Å². The molecule has 2 amide bonds. The van der Waals surface area contributed by atoms with Crippen LogP contribution < -0.4 is 10.6 Å². The maximum Gasteiger partial charge on any atom is 0.364 e. The van der Waals surface area contributed by atoms with Crippen LogP contribution in [0.25, 0.3) is 0 Å². The second kappa shape index (κ2) is 54.8. The second-order valence-corrected chi connectivity index (χ2v) is 28.2. The van der Waals surface area contributed by atoms with Crippen molar-refractivity contribution in [2.24, 2.45) is 0 Å². The molecule has 0 bridgehead atoms. The lowest BCUT2D eigenvalue weighted by Crippen LogP contribution is -2.70. The number of rotatable bonds is 60. The number of carboxylic acids is 1. The molecule has 0 aromatic carbocycles. The van der Waals surface area contributed by atoms with E-state index in [1.807, 2.05) is 6.08 Å². The molecule has 0 saturated carbocycles. The van der Waals surface area contributed by atoms with E-state index in [-0.39, 0.29) is 12.3 Å². The summed E-state index contributed by atoms with van der Waals surface area (Å²) in [6.07, 6.45) is 29.4. The first-order valence-corrected chi connectivity index (χ1v) is 38.7. The predicted molar refractivity (Wildman–Crippen MR) is 375 cm³/mol. The van der Waals surface area contributed by atoms with E-state index in [1.54, 1.807) is 6.08 Å². The van der Waals surface area contributed by atoms with E-state index in [1.165, 1.54) is 205 Å². The maximum absolute atomic E-state index is 13.5. The fourth-order valence-corrected chi connectivity index (χ4v) is 13.5. The van der Waals surface area contributed by atoms with Crippen LogP contribution in [0.2, 0.25) is 0 Å². The lowest BCUT2D eigenvalue weighted by Gasteiger charge is -2.50. The number of aliphatic hydroxyl groups is 11. The molecular weight excluding hydrogens is 1260 g/mol. The van der Waals surface area contributed by atoms with E-state index in [0.717, 1.165) is 51.9 Å². The van der Waals surface area contributed by atoms with Crippen molar-refractivity contribution >= 4 is 17.8 Å². The molecule has 23 nitrogen and oxygen atoms in total. The van der Waals surface area contributed by atoms with Gasteiger partial charge in [-0.3, -0.25) is 9.59 Å². The van der Waals surface area contributed by atoms with Gasteiger partial charge in [0.05, 0.1) is 50.7 Å². The van der Waals surface area contributed by atoms with Crippen LogP contribution in [0, 0.1) is 0 Å². The largest absolute Gasteiger partial charge is 0.477 e. The smallest absolute Gasteiger partial charge is 0.364 e. The number of carboxylic acid groups (broad SMARTS) is 1. The van der Waals surface area contributed by atoms with E-state index in [9.17, 15) is 75.7 Å². The Balaban J connectivity index is 1.52. The number of amides is 2. The molecule has 98 heavy (non-hydrogen) atoms. The van der Waals surface area contributed by atoms with E-state index in [0.29, 0.717) is 12.8 Å². The molecule has 23 heteroatoms. The van der Waals surface area contributed by atoms with Gasteiger partial charge in [-0.25, -0.2) is 4.79 Å². The van der Waals surface area contributed by atoms with Crippen LogP contribution in [0.5, 0.6) is 0 Å². The molecule has 18 unspecified atom stereocenters. The average molecular weight is 1400 g/mol. The monoisotopic (exact) mass is 1400 g/mol. The number of unbranched alkanes of at least 4 members (excludes halogenated alkanes) is 38. The second-order valence-electron chi connectivity index (χ2n) is 28.2. The van der Waals surface area contributed by atoms with Gasteiger partial charge in [0, 0.05) is 19.8 Å². The van der Waals surface area contributed by atoms with Crippen molar-refractivity contribution in [1.29, 1.82) is 0 Å². The Morgan fingerprint density at radius 3 is 1.39 bits per heavy atom. The first-order valence-electron chi connectivity index (χ1n) is 38.7. The minimum absolute atomic E-state index is 0.201. The lowest BCUT2D eigenvalue weighted by atomic mass is 9.88. The molecule has 0 aliphatic carbocycles. The predicted octanol–water partition coefficient (Wildman–Crippen LogP) is 9.18. The van der Waals surface area contributed by atoms with Crippen molar-refractivity contribution in [2.75, 3.05) is 26.4 Å². The minimum Gasteiger partial charge on any atom is -0.477 e. The third kappa shape index (κ3) is 35.6. The molecule has 3 rings (SSSR count). The van der Waals surface area contributed by atoms with Crippen molar-refractivity contribution < 1.29 is 104 Å². The summed E-state index contributed by atoms with van der Waals surface area (Å²) in [5, 5.41) is 136. The topological polar surface area (TPSA) is 373 Å². The Kier molecular flexibility index (Phi) is 50.0. The Labute approximate surface area is 587 Å². The third-order valence-electron chi connectivity index (χ3n) is 19.6. The number of nitrogens with one attached hydrogen (secondary N) is 2. The molecule has 3 heterocycles. The number of hydrogen-bond acceptors (Lipinski definition) is 20. The molecule has 3 aliphatic heterocycles. The number of hydrogen-bond donors (Lipinski definition) is 14. The van der Waals surface area contributed by atoms with Gasteiger partial charge >= 0.3 is 5.97 Å². The number of aliphatic hydroxyl groups excluding tert-OH is 11. The molecule has 3 saturated heterocycles. The summed E-state index contributed by atoms with van der Waals surface area (Å²) in [6.45, 7) is 2.17. The van der Waals surface area contributed by atoms with Crippen LogP contribution in [0.15, 0.2) is 24.3 Å². The highest BCUT2D eigenvalue weighted by molar-refractivity contribution is 5.77. The van der Waals surface area contributed by atoms with Crippen LogP contribution in [-0.2, 0) is 42.8 Å². The summed E-state index contributed by atoms with van der Waals surface area (Å²) in [6, 6.07) is -2.62. The highest BCUT2D eigenvalue weighted by Gasteiger charge is 2.60. The maximum atomic E-state index is 13.5. The van der Waals surface area contributed by atoms with Crippen molar-refractivity contribution in [3.05, 3.63) is 24.3 Å². The summed E-state index contributed by atoms with van der Waals surface area (Å²) in [5.74, 6) is -6.14. The molecule has 0 aromatic heterocycles. The van der Waals surface area contributed by atoms with Crippen molar-refractivity contribution in [1.82, 2.24) is 10.6 Å². The first kappa shape index (κ1) is 89.4. The number of allylic oxidation sites excluding steroid dienone is 3. The molecule has 3 fully saturated rings. The zero-order valence-electron chi connectivity index (χ0n) is 60.4. The van der Waals surface area contributed by atoms with Gasteiger partial charge < -0.3 is 100 Å². The summed E-state index contributed by atoms with van der Waals surface area (Å²) >= 11 is 0. The van der Waals surface area contributed by atoms with Crippen molar-refractivity contribution in [2.45, 2.75) is 407 Å². The van der Waals surface area contributed by atoms with Gasteiger partial charge in [0.2, 0.25) is 11.8 Å². The summed E-state index contributed by atoms with van der Waals surface area (Å²) in [5.41, 5.74) is 0. The first-order chi connectivity index (χ1) is 47.4. The van der Waals surface area contributed by atoms with Crippen LogP contribution in [0.1, 0.15) is 297 Å². The minimum atomic E-state index is -3.08. The van der Waals surface area contributed by atoms with Crippen LogP contribution in [0.4, 0.5) is 0 Å². The molecule has 0 aromatic rings. The van der Waals surface area contributed by atoms with E-state index in [2.05, 4.69) is 36.6 Å². The van der Waals surface area contributed by atoms with Crippen LogP contribution in [-0.4, -0.2) is 215 Å². The Morgan fingerprint density at radius 1 is 0.531 bits per heavy atom. The Hall–Kier alpha value is -2.79.